The minimum Gasteiger partial charge on any atom is -0.107 e. The quantitative estimate of drug-likeness (QED) is 0.196. The van der Waals surface area contributed by atoms with Crippen LogP contribution in [0.25, 0.3) is 10.4 Å². The Labute approximate surface area is 80.8 Å². The zero-order chi connectivity index (χ0) is 10.2. The third-order valence-corrected chi connectivity index (χ3v) is 5.52. The molecule has 0 aromatic heterocycles. The molecular formula is C9H17N3Si. The van der Waals surface area contributed by atoms with Gasteiger partial charge in [0.2, 0.25) is 0 Å². The van der Waals surface area contributed by atoms with E-state index in [1.165, 1.54) is 0 Å². The van der Waals surface area contributed by atoms with Gasteiger partial charge in [0.15, 0.2) is 0 Å². The van der Waals surface area contributed by atoms with Crippen LogP contribution in [0.2, 0.25) is 12.6 Å². The van der Waals surface area contributed by atoms with Crippen molar-refractivity contribution in [3.63, 3.8) is 0 Å². The largest absolute Gasteiger partial charge is 0.107 e. The Morgan fingerprint density at radius 1 is 1.38 bits per heavy atom. The first kappa shape index (κ1) is 12.0. The van der Waals surface area contributed by atoms with E-state index < -0.39 is 8.07 Å². The van der Waals surface area contributed by atoms with Gasteiger partial charge < -0.3 is 0 Å². The molecule has 0 aromatic rings. The molecule has 13 heavy (non-hydrogen) atoms. The highest BCUT2D eigenvalue weighted by atomic mass is 28.3. The number of azide groups is 1. The maximum atomic E-state index is 8.05. The van der Waals surface area contributed by atoms with Crippen molar-refractivity contribution in [3.05, 3.63) is 35.0 Å². The Hall–Kier alpha value is -0.993. The van der Waals surface area contributed by atoms with Gasteiger partial charge in [-0.15, -0.1) is 13.2 Å². The predicted octanol–water partition coefficient (Wildman–Crippen LogP) is 3.61. The molecule has 0 aliphatic rings. The molecule has 0 saturated heterocycles. The van der Waals surface area contributed by atoms with Crippen LogP contribution in [0.4, 0.5) is 0 Å². The van der Waals surface area contributed by atoms with Gasteiger partial charge in [-0.3, -0.25) is 0 Å². The fraction of sp³-hybridized carbons (Fsp3) is 0.556. The molecule has 0 atom stereocenters. The van der Waals surface area contributed by atoms with Gasteiger partial charge in [0.05, 0.1) is 8.07 Å². The maximum Gasteiger partial charge on any atom is 0.0973 e. The van der Waals surface area contributed by atoms with Crippen molar-refractivity contribution >= 4 is 8.07 Å². The predicted molar refractivity (Wildman–Crippen MR) is 60.1 cm³/mol. The van der Waals surface area contributed by atoms with Crippen LogP contribution in [0.3, 0.4) is 0 Å². The van der Waals surface area contributed by atoms with Crippen LogP contribution < -0.4 is 0 Å². The molecule has 72 valence electrons. The summed E-state index contributed by atoms with van der Waals surface area (Å²) < 4.78 is 0. The molecule has 0 fully saturated rings. The lowest BCUT2D eigenvalue weighted by molar-refractivity contribution is 0.794. The average Bonchev–Trinajstić information content (AvgIpc) is 2.17. The number of rotatable bonds is 7. The van der Waals surface area contributed by atoms with Crippen LogP contribution in [-0.2, 0) is 0 Å². The summed E-state index contributed by atoms with van der Waals surface area (Å²) in [5, 5.41) is 3.49. The Kier molecular flexibility index (Phi) is 6.02. The van der Waals surface area contributed by atoms with Crippen LogP contribution in [0, 0.1) is 0 Å². The van der Waals surface area contributed by atoms with E-state index in [-0.39, 0.29) is 0 Å². The van der Waals surface area contributed by atoms with E-state index in [9.17, 15) is 0 Å². The van der Waals surface area contributed by atoms with Crippen LogP contribution >= 0.6 is 0 Å². The normalized spacial score (nSPS) is 10.2. The lowest BCUT2D eigenvalue weighted by Crippen LogP contribution is -2.23. The summed E-state index contributed by atoms with van der Waals surface area (Å²) >= 11 is 0. The molecule has 0 aromatic carbocycles. The van der Waals surface area contributed by atoms with E-state index in [0.29, 0.717) is 6.54 Å². The van der Waals surface area contributed by atoms with E-state index in [1.54, 1.807) is 0 Å². The molecule has 0 radical (unpaired) electrons. The SMILES string of the molecule is C=C[Si](C)(C=C)CCCCN=[N+]=[N-]. The highest BCUT2D eigenvalue weighted by molar-refractivity contribution is 6.87. The Morgan fingerprint density at radius 3 is 2.46 bits per heavy atom. The molecule has 0 heterocycles. The van der Waals surface area contributed by atoms with E-state index in [2.05, 4.69) is 29.7 Å². The van der Waals surface area contributed by atoms with Gasteiger partial charge in [-0.2, -0.15) is 0 Å². The van der Waals surface area contributed by atoms with Crippen molar-refractivity contribution in [1.82, 2.24) is 0 Å². The van der Waals surface area contributed by atoms with E-state index in [1.807, 2.05) is 11.4 Å². The molecule has 0 bridgehead atoms. The fourth-order valence-corrected chi connectivity index (χ4v) is 2.61. The molecule has 0 saturated carbocycles. The molecule has 0 spiro atoms. The molecule has 0 rings (SSSR count). The number of hydrogen-bond acceptors (Lipinski definition) is 1. The van der Waals surface area contributed by atoms with Gasteiger partial charge in [0, 0.05) is 11.5 Å². The van der Waals surface area contributed by atoms with E-state index >= 15 is 0 Å². The van der Waals surface area contributed by atoms with Crippen molar-refractivity contribution in [2.45, 2.75) is 25.4 Å². The van der Waals surface area contributed by atoms with Crippen molar-refractivity contribution in [3.8, 4) is 0 Å². The maximum absolute atomic E-state index is 8.05. The minimum atomic E-state index is -1.36. The number of unbranched alkanes of at least 4 members (excludes halogenated alkanes) is 1. The van der Waals surface area contributed by atoms with Crippen molar-refractivity contribution in [2.75, 3.05) is 6.54 Å². The monoisotopic (exact) mass is 195 g/mol. The molecule has 3 nitrogen and oxygen atoms in total. The number of nitrogens with zero attached hydrogens (tertiary/aromatic N) is 3. The van der Waals surface area contributed by atoms with Gasteiger partial charge in [-0.25, -0.2) is 0 Å². The number of hydrogen-bond donors (Lipinski definition) is 0. The molecular weight excluding hydrogens is 178 g/mol. The topological polar surface area (TPSA) is 48.8 Å². The summed E-state index contributed by atoms with van der Waals surface area (Å²) in [6.07, 6.45) is 2.06. The van der Waals surface area contributed by atoms with Crippen LogP contribution in [0.1, 0.15) is 12.8 Å². The molecule has 4 heteroatoms. The summed E-state index contributed by atoms with van der Waals surface area (Å²) in [7, 11) is -1.36. The Bertz CT molecular complexity index is 211. The molecule has 0 unspecified atom stereocenters. The van der Waals surface area contributed by atoms with Crippen LogP contribution in [-0.4, -0.2) is 14.6 Å². The van der Waals surface area contributed by atoms with Crippen molar-refractivity contribution < 1.29 is 0 Å². The highest BCUT2D eigenvalue weighted by Gasteiger charge is 2.17. The summed E-state index contributed by atoms with van der Waals surface area (Å²) in [4.78, 5) is 2.71. The zero-order valence-corrected chi connectivity index (χ0v) is 9.24. The second-order valence-corrected chi connectivity index (χ2v) is 7.65. The van der Waals surface area contributed by atoms with E-state index in [0.717, 1.165) is 18.9 Å². The summed E-state index contributed by atoms with van der Waals surface area (Å²) in [6.45, 7) is 10.5. The Morgan fingerprint density at radius 2 is 2.00 bits per heavy atom. The first-order valence-corrected chi connectivity index (χ1v) is 7.33. The summed E-state index contributed by atoms with van der Waals surface area (Å²) in [6, 6.07) is 1.15. The zero-order valence-electron chi connectivity index (χ0n) is 8.24. The highest BCUT2D eigenvalue weighted by Crippen LogP contribution is 2.15. The third kappa shape index (κ3) is 5.28. The first-order chi connectivity index (χ1) is 6.18. The smallest absolute Gasteiger partial charge is 0.0973 e. The second kappa shape index (κ2) is 6.52. The Balaban J connectivity index is 3.67. The third-order valence-electron chi connectivity index (χ3n) is 2.22. The van der Waals surface area contributed by atoms with Crippen molar-refractivity contribution in [2.24, 2.45) is 5.11 Å². The molecule has 0 amide bonds. The van der Waals surface area contributed by atoms with Crippen molar-refractivity contribution in [1.29, 1.82) is 0 Å². The van der Waals surface area contributed by atoms with Gasteiger partial charge in [-0.1, -0.05) is 35.5 Å². The molecule has 0 aliphatic carbocycles. The summed E-state index contributed by atoms with van der Waals surface area (Å²) in [5.41, 5.74) is 12.2. The summed E-state index contributed by atoms with van der Waals surface area (Å²) in [5.74, 6) is 0. The van der Waals surface area contributed by atoms with Crippen LogP contribution in [0.15, 0.2) is 29.7 Å². The van der Waals surface area contributed by atoms with Gasteiger partial charge in [0.25, 0.3) is 0 Å². The first-order valence-electron chi connectivity index (χ1n) is 4.46. The lowest BCUT2D eigenvalue weighted by Gasteiger charge is -2.17. The average molecular weight is 195 g/mol. The van der Waals surface area contributed by atoms with Gasteiger partial charge in [0.1, 0.15) is 0 Å². The fourth-order valence-electron chi connectivity index (χ4n) is 1.02. The molecule has 0 N–H and O–H groups in total. The van der Waals surface area contributed by atoms with Gasteiger partial charge in [-0.05, 0) is 12.0 Å². The minimum absolute atomic E-state index is 0.606. The molecule has 0 aliphatic heterocycles. The van der Waals surface area contributed by atoms with E-state index in [4.69, 9.17) is 5.53 Å². The van der Waals surface area contributed by atoms with Gasteiger partial charge >= 0.3 is 0 Å². The van der Waals surface area contributed by atoms with Crippen LogP contribution in [0.5, 0.6) is 0 Å². The second-order valence-electron chi connectivity index (χ2n) is 3.33. The lowest BCUT2D eigenvalue weighted by atomic mass is 10.3. The standard InChI is InChI=1S/C9H17N3Si/c1-4-13(3,5-2)9-7-6-8-11-12-10/h4-5H,1-2,6-9H2,3H3.